The molecule has 0 aromatic carbocycles. The van der Waals surface area contributed by atoms with Crippen LogP contribution in [0.3, 0.4) is 0 Å². The maximum Gasteiger partial charge on any atom is 0.270 e. The minimum absolute atomic E-state index is 0.213. The van der Waals surface area contributed by atoms with E-state index in [-0.39, 0.29) is 5.91 Å². The van der Waals surface area contributed by atoms with Gasteiger partial charge in [-0.25, -0.2) is 4.98 Å². The van der Waals surface area contributed by atoms with Gasteiger partial charge in [0.25, 0.3) is 5.91 Å². The van der Waals surface area contributed by atoms with Gasteiger partial charge in [0.15, 0.2) is 5.17 Å². The monoisotopic (exact) mass is 327 g/mol. The standard InChI is InChI=1S/C14H13N7OS/c22-13(16-6-10-7-23-14-15-4-5-21(10)14)11-2-1-3-12(19-11)20-8-17-18-9-20/h1-3,7-9H,4-6H2,(H,16,22). The minimum Gasteiger partial charge on any atom is -0.345 e. The van der Waals surface area contributed by atoms with Crippen LogP contribution in [0, 0.1) is 0 Å². The van der Waals surface area contributed by atoms with Gasteiger partial charge in [-0.2, -0.15) is 0 Å². The summed E-state index contributed by atoms with van der Waals surface area (Å²) in [5, 5.41) is 13.4. The molecule has 4 heterocycles. The average Bonchev–Trinajstić information content (AvgIpc) is 3.30. The van der Waals surface area contributed by atoms with Crippen molar-refractivity contribution < 1.29 is 4.79 Å². The largest absolute Gasteiger partial charge is 0.345 e. The zero-order valence-corrected chi connectivity index (χ0v) is 12.9. The molecule has 9 heteroatoms. The fourth-order valence-electron chi connectivity index (χ4n) is 2.39. The molecule has 2 aromatic heterocycles. The number of nitrogens with one attached hydrogen (secondary N) is 1. The Kier molecular flexibility index (Phi) is 3.54. The highest BCUT2D eigenvalue weighted by atomic mass is 32.2. The SMILES string of the molecule is O=C(NCC1=CSC2=NCCN12)c1cccc(-n2cnnc2)n1. The molecule has 0 fully saturated rings. The fourth-order valence-corrected chi connectivity index (χ4v) is 3.34. The maximum atomic E-state index is 12.3. The highest BCUT2D eigenvalue weighted by molar-refractivity contribution is 8.16. The van der Waals surface area contributed by atoms with Gasteiger partial charge in [0, 0.05) is 17.6 Å². The fraction of sp³-hybridized carbons (Fsp3) is 0.214. The van der Waals surface area contributed by atoms with Crippen LogP contribution in [0.5, 0.6) is 0 Å². The number of rotatable bonds is 4. The van der Waals surface area contributed by atoms with E-state index in [2.05, 4.69) is 30.4 Å². The molecule has 0 aliphatic carbocycles. The third kappa shape index (κ3) is 2.70. The lowest BCUT2D eigenvalue weighted by molar-refractivity contribution is 0.0950. The molecule has 2 aliphatic heterocycles. The van der Waals surface area contributed by atoms with Gasteiger partial charge in [-0.1, -0.05) is 17.8 Å². The average molecular weight is 327 g/mol. The van der Waals surface area contributed by atoms with Crippen LogP contribution >= 0.6 is 11.8 Å². The van der Waals surface area contributed by atoms with Crippen molar-refractivity contribution in [2.75, 3.05) is 19.6 Å². The molecule has 116 valence electrons. The van der Waals surface area contributed by atoms with Gasteiger partial charge in [0.1, 0.15) is 24.2 Å². The topological polar surface area (TPSA) is 88.3 Å². The van der Waals surface area contributed by atoms with Gasteiger partial charge in [-0.3, -0.25) is 14.4 Å². The first-order valence-electron chi connectivity index (χ1n) is 7.09. The van der Waals surface area contributed by atoms with Crippen LogP contribution in [0.2, 0.25) is 0 Å². The van der Waals surface area contributed by atoms with Crippen LogP contribution in [0.4, 0.5) is 0 Å². The molecule has 0 spiro atoms. The van der Waals surface area contributed by atoms with Gasteiger partial charge in [0.2, 0.25) is 0 Å². The number of fused-ring (bicyclic) bond motifs is 1. The van der Waals surface area contributed by atoms with Crippen molar-refractivity contribution in [3.63, 3.8) is 0 Å². The van der Waals surface area contributed by atoms with E-state index >= 15 is 0 Å². The molecule has 23 heavy (non-hydrogen) atoms. The van der Waals surface area contributed by atoms with Crippen molar-refractivity contribution >= 4 is 22.8 Å². The predicted molar refractivity (Wildman–Crippen MR) is 86.2 cm³/mol. The lowest BCUT2D eigenvalue weighted by Gasteiger charge is -2.16. The highest BCUT2D eigenvalue weighted by Crippen LogP contribution is 2.28. The molecule has 1 amide bonds. The van der Waals surface area contributed by atoms with E-state index < -0.39 is 0 Å². The highest BCUT2D eigenvalue weighted by Gasteiger charge is 2.26. The molecule has 0 saturated heterocycles. The summed E-state index contributed by atoms with van der Waals surface area (Å²) in [4.78, 5) is 23.2. The van der Waals surface area contributed by atoms with E-state index in [1.165, 1.54) is 0 Å². The summed E-state index contributed by atoms with van der Waals surface area (Å²) >= 11 is 1.60. The van der Waals surface area contributed by atoms with E-state index in [0.717, 1.165) is 24.0 Å². The van der Waals surface area contributed by atoms with Crippen LogP contribution in [0.1, 0.15) is 10.5 Å². The number of thioether (sulfide) groups is 1. The number of amides is 1. The second kappa shape index (κ2) is 5.84. The number of pyridine rings is 1. The number of aliphatic imine (C=N–C) groups is 1. The second-order valence-corrected chi connectivity index (χ2v) is 5.81. The Morgan fingerprint density at radius 1 is 1.30 bits per heavy atom. The van der Waals surface area contributed by atoms with Crippen molar-refractivity contribution in [1.29, 1.82) is 0 Å². The lowest BCUT2D eigenvalue weighted by Crippen LogP contribution is -2.32. The Balaban J connectivity index is 1.43. The minimum atomic E-state index is -0.213. The second-order valence-electron chi connectivity index (χ2n) is 4.98. The third-order valence-electron chi connectivity index (χ3n) is 3.53. The summed E-state index contributed by atoms with van der Waals surface area (Å²) in [6, 6.07) is 5.26. The maximum absolute atomic E-state index is 12.3. The molecule has 0 unspecified atom stereocenters. The molecule has 0 bridgehead atoms. The number of amidine groups is 1. The molecule has 0 atom stereocenters. The van der Waals surface area contributed by atoms with Gasteiger partial charge in [0.05, 0.1) is 13.1 Å². The van der Waals surface area contributed by atoms with Crippen molar-refractivity contribution in [2.24, 2.45) is 4.99 Å². The molecule has 0 radical (unpaired) electrons. The van der Waals surface area contributed by atoms with E-state index in [1.807, 2.05) is 5.41 Å². The molecule has 4 rings (SSSR count). The molecule has 2 aromatic rings. The summed E-state index contributed by atoms with van der Waals surface area (Å²) in [6.07, 6.45) is 3.08. The quantitative estimate of drug-likeness (QED) is 0.887. The zero-order chi connectivity index (χ0) is 15.6. The Hall–Kier alpha value is -2.68. The van der Waals surface area contributed by atoms with E-state index in [4.69, 9.17) is 0 Å². The summed E-state index contributed by atoms with van der Waals surface area (Å²) in [7, 11) is 0. The first-order valence-corrected chi connectivity index (χ1v) is 7.97. The summed E-state index contributed by atoms with van der Waals surface area (Å²) in [5.74, 6) is 0.391. The zero-order valence-electron chi connectivity index (χ0n) is 12.1. The van der Waals surface area contributed by atoms with Crippen molar-refractivity contribution in [3.05, 3.63) is 47.7 Å². The van der Waals surface area contributed by atoms with Crippen molar-refractivity contribution in [2.45, 2.75) is 0 Å². The smallest absolute Gasteiger partial charge is 0.270 e. The van der Waals surface area contributed by atoms with Gasteiger partial charge in [-0.05, 0) is 12.1 Å². The van der Waals surface area contributed by atoms with Crippen LogP contribution in [0.25, 0.3) is 5.82 Å². The summed E-state index contributed by atoms with van der Waals surface area (Å²) in [5.41, 5.74) is 1.42. The Morgan fingerprint density at radius 3 is 3.04 bits per heavy atom. The van der Waals surface area contributed by atoms with E-state index in [1.54, 1.807) is 47.2 Å². The molecular weight excluding hydrogens is 314 g/mol. The summed E-state index contributed by atoms with van der Waals surface area (Å²) < 4.78 is 1.65. The normalized spacial score (nSPS) is 16.1. The van der Waals surface area contributed by atoms with Gasteiger partial charge < -0.3 is 10.2 Å². The van der Waals surface area contributed by atoms with Gasteiger partial charge >= 0.3 is 0 Å². The first kappa shape index (κ1) is 13.9. The van der Waals surface area contributed by atoms with Crippen LogP contribution < -0.4 is 5.32 Å². The van der Waals surface area contributed by atoms with Crippen molar-refractivity contribution in [3.8, 4) is 5.82 Å². The molecule has 1 N–H and O–H groups in total. The third-order valence-corrected chi connectivity index (χ3v) is 4.48. The number of aromatic nitrogens is 4. The Morgan fingerprint density at radius 2 is 2.17 bits per heavy atom. The Bertz CT molecular complexity index is 799. The Labute approximate surface area is 136 Å². The number of hydrogen-bond donors (Lipinski definition) is 1. The van der Waals surface area contributed by atoms with Crippen LogP contribution in [0.15, 0.2) is 47.0 Å². The number of hydrogen-bond acceptors (Lipinski definition) is 7. The van der Waals surface area contributed by atoms with Crippen LogP contribution in [-0.2, 0) is 0 Å². The number of nitrogens with zero attached hydrogens (tertiary/aromatic N) is 6. The van der Waals surface area contributed by atoms with Crippen molar-refractivity contribution in [1.82, 2.24) is 30.0 Å². The van der Waals surface area contributed by atoms with Crippen LogP contribution in [-0.4, -0.2) is 55.4 Å². The molecule has 2 aliphatic rings. The molecule has 8 nitrogen and oxygen atoms in total. The summed E-state index contributed by atoms with van der Waals surface area (Å²) in [6.45, 7) is 2.16. The van der Waals surface area contributed by atoms with E-state index in [9.17, 15) is 4.79 Å². The lowest BCUT2D eigenvalue weighted by atomic mass is 10.3. The predicted octanol–water partition coefficient (Wildman–Crippen LogP) is 0.652. The molecule has 0 saturated carbocycles. The number of carbonyl (C=O) groups is 1. The van der Waals surface area contributed by atoms with Gasteiger partial charge in [-0.15, -0.1) is 10.2 Å². The number of carbonyl (C=O) groups excluding carboxylic acids is 1. The van der Waals surface area contributed by atoms with E-state index in [0.29, 0.717) is 18.1 Å². The molecular formula is C14H13N7OS. The first-order chi connectivity index (χ1) is 11.3.